The van der Waals surface area contributed by atoms with Gasteiger partial charge in [-0.05, 0) is 29.3 Å². The summed E-state index contributed by atoms with van der Waals surface area (Å²) in [5.74, 6) is 0.248. The summed E-state index contributed by atoms with van der Waals surface area (Å²) in [6, 6.07) is 16.1. The van der Waals surface area contributed by atoms with Crippen molar-refractivity contribution in [2.24, 2.45) is 0 Å². The van der Waals surface area contributed by atoms with Crippen molar-refractivity contribution >= 4 is 22.6 Å². The molecule has 38 heavy (non-hydrogen) atoms. The van der Waals surface area contributed by atoms with Gasteiger partial charge in [0.15, 0.2) is 0 Å². The highest BCUT2D eigenvalue weighted by Crippen LogP contribution is 2.38. The highest BCUT2D eigenvalue weighted by molar-refractivity contribution is 6.00. The van der Waals surface area contributed by atoms with E-state index in [9.17, 15) is 18.0 Å². The fraction of sp³-hybridized carbons (Fsp3) is 0.296. The SMILES string of the molecule is COc1ccc(-c2n[nH]c3cc4c(cc23)CN(C2CN(CC(F)(F)F)CC2c2ccccc2)C(=O)N4)cn1. The number of aromatic nitrogens is 3. The summed E-state index contributed by atoms with van der Waals surface area (Å²) in [5.41, 5.74) is 4.70. The summed E-state index contributed by atoms with van der Waals surface area (Å²) in [6.07, 6.45) is -2.63. The number of H-pyrrole nitrogens is 1. The minimum Gasteiger partial charge on any atom is -0.481 e. The second-order valence-corrected chi connectivity index (χ2v) is 9.67. The molecule has 2 aliphatic rings. The van der Waals surface area contributed by atoms with E-state index >= 15 is 0 Å². The summed E-state index contributed by atoms with van der Waals surface area (Å²) in [6.45, 7) is -0.372. The van der Waals surface area contributed by atoms with Crippen molar-refractivity contribution < 1.29 is 22.7 Å². The zero-order chi connectivity index (χ0) is 26.4. The maximum atomic E-state index is 13.3. The van der Waals surface area contributed by atoms with Gasteiger partial charge in [-0.2, -0.15) is 18.3 Å². The zero-order valence-electron chi connectivity index (χ0n) is 20.5. The second-order valence-electron chi connectivity index (χ2n) is 9.67. The van der Waals surface area contributed by atoms with Crippen molar-refractivity contribution in [1.82, 2.24) is 25.0 Å². The number of halogens is 3. The fourth-order valence-electron chi connectivity index (χ4n) is 5.52. The molecule has 0 bridgehead atoms. The lowest BCUT2D eigenvalue weighted by molar-refractivity contribution is -0.143. The monoisotopic (exact) mass is 522 g/mol. The Morgan fingerprint density at radius 1 is 1.11 bits per heavy atom. The average Bonchev–Trinajstić information content (AvgIpc) is 3.50. The highest BCUT2D eigenvalue weighted by Gasteiger charge is 2.44. The van der Waals surface area contributed by atoms with E-state index in [1.54, 1.807) is 24.3 Å². The molecule has 2 N–H and O–H groups in total. The topological polar surface area (TPSA) is 86.4 Å². The Morgan fingerprint density at radius 2 is 1.92 bits per heavy atom. The van der Waals surface area contributed by atoms with Crippen LogP contribution in [-0.2, 0) is 6.54 Å². The number of pyridine rings is 1. The maximum Gasteiger partial charge on any atom is 0.401 e. The quantitative estimate of drug-likeness (QED) is 0.385. The predicted octanol–water partition coefficient (Wildman–Crippen LogP) is 5.01. The van der Waals surface area contributed by atoms with Crippen molar-refractivity contribution in [1.29, 1.82) is 0 Å². The van der Waals surface area contributed by atoms with Gasteiger partial charge in [-0.25, -0.2) is 9.78 Å². The number of nitrogens with zero attached hydrogens (tertiary/aromatic N) is 4. The first-order chi connectivity index (χ1) is 18.3. The second kappa shape index (κ2) is 9.32. The van der Waals surface area contributed by atoms with Crippen molar-refractivity contribution in [2.45, 2.75) is 24.7 Å². The third-order valence-corrected chi connectivity index (χ3v) is 7.24. The molecule has 0 radical (unpaired) electrons. The number of benzene rings is 2. The van der Waals surface area contributed by atoms with Gasteiger partial charge in [0.2, 0.25) is 5.88 Å². The van der Waals surface area contributed by atoms with Gasteiger partial charge in [0.1, 0.15) is 5.69 Å². The lowest BCUT2D eigenvalue weighted by Crippen LogP contribution is -2.48. The molecule has 2 atom stereocenters. The molecule has 0 saturated carbocycles. The van der Waals surface area contributed by atoms with Gasteiger partial charge in [-0.15, -0.1) is 0 Å². The first kappa shape index (κ1) is 24.2. The van der Waals surface area contributed by atoms with Crippen LogP contribution >= 0.6 is 0 Å². The van der Waals surface area contributed by atoms with E-state index in [-0.39, 0.29) is 31.6 Å². The van der Waals surface area contributed by atoms with Gasteiger partial charge in [-0.1, -0.05) is 30.3 Å². The number of amides is 2. The fourth-order valence-corrected chi connectivity index (χ4v) is 5.52. The molecule has 11 heteroatoms. The number of urea groups is 1. The summed E-state index contributed by atoms with van der Waals surface area (Å²) in [5, 5.41) is 11.3. The number of methoxy groups -OCH3 is 1. The van der Waals surface area contributed by atoms with Gasteiger partial charge in [0, 0.05) is 54.5 Å². The molecule has 2 aliphatic heterocycles. The van der Waals surface area contributed by atoms with Gasteiger partial charge < -0.3 is 15.0 Å². The number of ether oxygens (including phenoxy) is 1. The number of rotatable bonds is 5. The number of nitrogens with one attached hydrogen (secondary N) is 2. The Morgan fingerprint density at radius 3 is 2.63 bits per heavy atom. The van der Waals surface area contributed by atoms with Crippen LogP contribution < -0.4 is 10.1 Å². The smallest absolute Gasteiger partial charge is 0.401 e. The van der Waals surface area contributed by atoms with Crippen LogP contribution in [-0.4, -0.2) is 70.0 Å². The molecule has 2 aromatic heterocycles. The summed E-state index contributed by atoms with van der Waals surface area (Å²) in [7, 11) is 1.55. The minimum atomic E-state index is -4.31. The van der Waals surface area contributed by atoms with Gasteiger partial charge in [0.25, 0.3) is 0 Å². The summed E-state index contributed by atoms with van der Waals surface area (Å²) in [4.78, 5) is 20.6. The Kier molecular flexibility index (Phi) is 5.94. The summed E-state index contributed by atoms with van der Waals surface area (Å²) >= 11 is 0. The third kappa shape index (κ3) is 4.53. The molecule has 6 rings (SSSR count). The van der Waals surface area contributed by atoms with Crippen LogP contribution in [0.5, 0.6) is 5.88 Å². The molecular formula is C27H25F3N6O2. The third-order valence-electron chi connectivity index (χ3n) is 7.24. The Labute approximate surface area is 216 Å². The van der Waals surface area contributed by atoms with E-state index in [1.807, 2.05) is 48.5 Å². The first-order valence-electron chi connectivity index (χ1n) is 12.2. The molecule has 0 spiro atoms. The van der Waals surface area contributed by atoms with E-state index in [4.69, 9.17) is 4.74 Å². The lowest BCUT2D eigenvalue weighted by atomic mass is 9.92. The number of carbonyl (C=O) groups is 1. The zero-order valence-corrected chi connectivity index (χ0v) is 20.5. The van der Waals surface area contributed by atoms with E-state index < -0.39 is 18.8 Å². The van der Waals surface area contributed by atoms with Crippen LogP contribution in [0.15, 0.2) is 60.8 Å². The number of aromatic amines is 1. The normalized spacial score (nSPS) is 20.0. The van der Waals surface area contributed by atoms with Crippen LogP contribution in [0.2, 0.25) is 0 Å². The number of anilines is 1. The largest absolute Gasteiger partial charge is 0.481 e. The molecular weight excluding hydrogens is 497 g/mol. The average molecular weight is 523 g/mol. The van der Waals surface area contributed by atoms with E-state index in [0.717, 1.165) is 27.6 Å². The Hall–Kier alpha value is -4.12. The molecule has 4 aromatic rings. The van der Waals surface area contributed by atoms with Crippen LogP contribution in [0.25, 0.3) is 22.2 Å². The molecule has 196 valence electrons. The number of likely N-dealkylation sites (tertiary alicyclic amines) is 1. The van der Waals surface area contributed by atoms with Gasteiger partial charge in [0.05, 0.1) is 25.2 Å². The highest BCUT2D eigenvalue weighted by atomic mass is 19.4. The van der Waals surface area contributed by atoms with Crippen LogP contribution in [0.3, 0.4) is 0 Å². The van der Waals surface area contributed by atoms with Crippen molar-refractivity contribution in [3.8, 4) is 17.1 Å². The number of hydrogen-bond acceptors (Lipinski definition) is 5. The molecule has 8 nitrogen and oxygen atoms in total. The molecule has 4 heterocycles. The standard InChI is InChI=1S/C27H25F3N6O2/c1-38-24-8-7-17(11-31-24)25-19-9-18-12-36(26(37)32-21(18)10-22(19)33-34-25)23-14-35(15-27(28,29)30)13-20(23)16-5-3-2-4-6-16/h2-11,20,23H,12-15H2,1H3,(H,32,37)(H,33,34). The Bertz CT molecular complexity index is 1470. The summed E-state index contributed by atoms with van der Waals surface area (Å²) < 4.78 is 44.9. The van der Waals surface area contributed by atoms with Crippen molar-refractivity contribution in [2.75, 3.05) is 32.1 Å². The Balaban J connectivity index is 1.33. The number of fused-ring (bicyclic) bond motifs is 2. The predicted molar refractivity (Wildman–Crippen MR) is 136 cm³/mol. The van der Waals surface area contributed by atoms with Crippen molar-refractivity contribution in [3.63, 3.8) is 0 Å². The van der Waals surface area contributed by atoms with E-state index in [1.165, 1.54) is 4.90 Å². The van der Waals surface area contributed by atoms with Crippen molar-refractivity contribution in [3.05, 3.63) is 71.9 Å². The van der Waals surface area contributed by atoms with Gasteiger partial charge in [-0.3, -0.25) is 10.00 Å². The number of alkyl halides is 3. The van der Waals surface area contributed by atoms with E-state index in [0.29, 0.717) is 17.3 Å². The molecule has 0 aliphatic carbocycles. The molecule has 2 amide bonds. The lowest BCUT2D eigenvalue weighted by Gasteiger charge is -2.36. The number of carbonyl (C=O) groups excluding carboxylic acids is 1. The van der Waals surface area contributed by atoms with Crippen LogP contribution in [0.1, 0.15) is 17.0 Å². The minimum absolute atomic E-state index is 0.137. The molecule has 2 unspecified atom stereocenters. The van der Waals surface area contributed by atoms with E-state index in [2.05, 4.69) is 20.5 Å². The van der Waals surface area contributed by atoms with Crippen LogP contribution in [0, 0.1) is 0 Å². The molecule has 1 fully saturated rings. The van der Waals surface area contributed by atoms with Crippen LogP contribution in [0.4, 0.5) is 23.7 Å². The maximum absolute atomic E-state index is 13.3. The van der Waals surface area contributed by atoms with Gasteiger partial charge >= 0.3 is 12.2 Å². The number of hydrogen-bond donors (Lipinski definition) is 2. The first-order valence-corrected chi connectivity index (χ1v) is 12.2. The molecule has 1 saturated heterocycles. The molecule has 2 aromatic carbocycles.